The fourth-order valence-corrected chi connectivity index (χ4v) is 2.98. The summed E-state index contributed by atoms with van der Waals surface area (Å²) in [7, 11) is 7.29. The summed E-state index contributed by atoms with van der Waals surface area (Å²) in [4.78, 5) is 13.3. The second-order valence-corrected chi connectivity index (χ2v) is 8.06. The largest absolute Gasteiger partial charge is 0.493 e. The predicted octanol–water partition coefficient (Wildman–Crippen LogP) is 4.00. The van der Waals surface area contributed by atoms with Gasteiger partial charge in [-0.15, -0.1) is 11.8 Å². The SMILES string of the molecule is CO/C(C=O)=C/C(=C\N(C)C)c1ccc(SC)nn(C)c(C)cc1OCC1CC1. The van der Waals surface area contributed by atoms with Gasteiger partial charge >= 0.3 is 0 Å². The zero-order valence-corrected chi connectivity index (χ0v) is 19.0. The lowest BCUT2D eigenvalue weighted by molar-refractivity contribution is -0.107. The van der Waals surface area contributed by atoms with E-state index in [1.165, 1.54) is 20.0 Å². The van der Waals surface area contributed by atoms with Crippen LogP contribution in [0.25, 0.3) is 5.57 Å². The summed E-state index contributed by atoms with van der Waals surface area (Å²) in [6.07, 6.45) is 8.79. The summed E-state index contributed by atoms with van der Waals surface area (Å²) in [5, 5.41) is 5.51. The highest BCUT2D eigenvalue weighted by atomic mass is 32.2. The Labute approximate surface area is 177 Å². The van der Waals surface area contributed by atoms with Crippen LogP contribution >= 0.6 is 11.8 Å². The minimum absolute atomic E-state index is 0.247. The van der Waals surface area contributed by atoms with E-state index in [9.17, 15) is 4.79 Å². The molecule has 0 N–H and O–H groups in total. The highest BCUT2D eigenvalue weighted by Crippen LogP contribution is 2.33. The predicted molar refractivity (Wildman–Crippen MR) is 118 cm³/mol. The zero-order chi connectivity index (χ0) is 21.4. The van der Waals surface area contributed by atoms with Crippen molar-refractivity contribution in [3.05, 3.63) is 47.5 Å². The average molecular weight is 418 g/mol. The summed E-state index contributed by atoms with van der Waals surface area (Å²) in [6.45, 7) is 2.68. The van der Waals surface area contributed by atoms with E-state index in [0.717, 1.165) is 27.6 Å². The number of ether oxygens (including phenoxy) is 2. The lowest BCUT2D eigenvalue weighted by atomic mass is 10.1. The van der Waals surface area contributed by atoms with Crippen molar-refractivity contribution in [3.8, 4) is 5.75 Å². The van der Waals surface area contributed by atoms with Gasteiger partial charge in [-0.1, -0.05) is 0 Å². The number of aryl methyl sites for hydroxylation is 2. The smallest absolute Gasteiger partial charge is 0.184 e. The Balaban J connectivity index is 2.77. The van der Waals surface area contributed by atoms with Crippen molar-refractivity contribution in [3.63, 3.8) is 0 Å². The molecule has 158 valence electrons. The molecule has 1 saturated carbocycles. The zero-order valence-electron chi connectivity index (χ0n) is 18.1. The Bertz CT molecular complexity index is 838. The van der Waals surface area contributed by atoms with Crippen LogP contribution in [0.5, 0.6) is 5.75 Å². The first-order valence-electron chi connectivity index (χ1n) is 9.57. The molecule has 2 rings (SSSR count). The molecule has 0 radical (unpaired) electrons. The molecule has 1 aromatic heterocycles. The first-order chi connectivity index (χ1) is 13.9. The molecule has 1 aromatic rings. The van der Waals surface area contributed by atoms with Crippen LogP contribution in [0.4, 0.5) is 0 Å². The number of carbonyl (C=O) groups excluding carboxylic acids is 1. The fourth-order valence-electron chi connectivity index (χ4n) is 2.57. The van der Waals surface area contributed by atoms with Crippen LogP contribution in [0.3, 0.4) is 0 Å². The van der Waals surface area contributed by atoms with Gasteiger partial charge in [0.1, 0.15) is 10.8 Å². The molecule has 0 atom stereocenters. The number of hydrogen-bond acceptors (Lipinski definition) is 6. The minimum atomic E-state index is 0.247. The number of methoxy groups -OCH3 is 1. The molecule has 1 aliphatic rings. The van der Waals surface area contributed by atoms with Crippen LogP contribution in [0, 0.1) is 12.8 Å². The summed E-state index contributed by atoms with van der Waals surface area (Å²) in [6, 6.07) is 5.96. The molecule has 6 nitrogen and oxygen atoms in total. The molecule has 1 heterocycles. The van der Waals surface area contributed by atoms with E-state index in [1.807, 2.05) is 68.3 Å². The second kappa shape index (κ2) is 11.0. The van der Waals surface area contributed by atoms with Gasteiger partial charge in [0.15, 0.2) is 12.0 Å². The van der Waals surface area contributed by atoms with Crippen LogP contribution in [-0.4, -0.2) is 55.0 Å². The van der Waals surface area contributed by atoms with Crippen LogP contribution in [0.1, 0.15) is 24.1 Å². The highest BCUT2D eigenvalue weighted by Gasteiger charge is 2.22. The quantitative estimate of drug-likeness (QED) is 0.199. The molecule has 7 heteroatoms. The van der Waals surface area contributed by atoms with Gasteiger partial charge in [0.25, 0.3) is 0 Å². The van der Waals surface area contributed by atoms with Gasteiger partial charge in [-0.05, 0) is 50.1 Å². The Morgan fingerprint density at radius 1 is 1.38 bits per heavy atom. The van der Waals surface area contributed by atoms with Gasteiger partial charge in [-0.3, -0.25) is 9.48 Å². The van der Waals surface area contributed by atoms with E-state index in [1.54, 1.807) is 17.8 Å². The van der Waals surface area contributed by atoms with Crippen LogP contribution in [0.2, 0.25) is 0 Å². The Kier molecular flexibility index (Phi) is 8.64. The van der Waals surface area contributed by atoms with E-state index < -0.39 is 0 Å². The maximum absolute atomic E-state index is 11.4. The summed E-state index contributed by atoms with van der Waals surface area (Å²) in [5.41, 5.74) is 2.64. The van der Waals surface area contributed by atoms with Gasteiger partial charge in [0.05, 0.1) is 13.7 Å². The molecule has 1 aliphatic carbocycles. The second-order valence-electron chi connectivity index (χ2n) is 7.23. The Hall–Kier alpha value is -2.41. The van der Waals surface area contributed by atoms with E-state index in [2.05, 4.69) is 5.10 Å². The number of nitrogens with zero attached hydrogens (tertiary/aromatic N) is 3. The number of aldehydes is 1. The van der Waals surface area contributed by atoms with Crippen molar-refractivity contribution < 1.29 is 14.3 Å². The molecule has 1 fully saturated rings. The van der Waals surface area contributed by atoms with Crippen molar-refractivity contribution in [1.29, 1.82) is 0 Å². The van der Waals surface area contributed by atoms with E-state index in [4.69, 9.17) is 9.47 Å². The molecule has 0 bridgehead atoms. The standard InChI is InChI=1S/C22H31N3O3S/c1-16-11-21(28-15-17-7-8-17)20(9-10-22(29-6)23-25(16)4)18(13-24(2)3)12-19(14-26)27-5/h9-14,17H,7-8,15H2,1-6H3/b10-9?,16-11?,18-13+,19-12+,21-20?,23-22?. The van der Waals surface area contributed by atoms with Crippen molar-refractivity contribution in [2.75, 3.05) is 34.1 Å². The first-order valence-corrected chi connectivity index (χ1v) is 10.8. The van der Waals surface area contributed by atoms with E-state index in [0.29, 0.717) is 18.8 Å². The fraction of sp³-hybridized carbons (Fsp3) is 0.455. The van der Waals surface area contributed by atoms with Crippen molar-refractivity contribution >= 4 is 23.6 Å². The maximum atomic E-state index is 11.4. The number of hydrogen-bond donors (Lipinski definition) is 0. The first kappa shape index (κ1) is 22.9. The topological polar surface area (TPSA) is 56.6 Å². The van der Waals surface area contributed by atoms with Crippen molar-refractivity contribution in [2.24, 2.45) is 13.0 Å². The molecule has 0 amide bonds. The molecular weight excluding hydrogens is 386 g/mol. The van der Waals surface area contributed by atoms with Gasteiger partial charge in [-0.25, -0.2) is 0 Å². The summed E-state index contributed by atoms with van der Waals surface area (Å²) in [5.74, 6) is 1.61. The highest BCUT2D eigenvalue weighted by molar-refractivity contribution is 7.98. The Morgan fingerprint density at radius 2 is 2.10 bits per heavy atom. The van der Waals surface area contributed by atoms with Gasteiger partial charge in [0.2, 0.25) is 0 Å². The Morgan fingerprint density at radius 3 is 2.66 bits per heavy atom. The number of thioether (sulfide) groups is 1. The minimum Gasteiger partial charge on any atom is -0.493 e. The monoisotopic (exact) mass is 417 g/mol. The number of allylic oxidation sites excluding steroid dienone is 3. The molecule has 29 heavy (non-hydrogen) atoms. The normalized spacial score (nSPS) is 14.3. The number of carbonyl (C=O) groups is 1. The number of aromatic nitrogens is 2. The van der Waals surface area contributed by atoms with Gasteiger partial charge in [0, 0.05) is 50.2 Å². The maximum Gasteiger partial charge on any atom is 0.184 e. The number of rotatable bonds is 9. The average Bonchev–Trinajstić information content (AvgIpc) is 3.51. The molecule has 0 aliphatic heterocycles. The van der Waals surface area contributed by atoms with Crippen LogP contribution in [0.15, 0.2) is 41.3 Å². The summed E-state index contributed by atoms with van der Waals surface area (Å²) < 4.78 is 13.3. The van der Waals surface area contributed by atoms with E-state index >= 15 is 0 Å². The van der Waals surface area contributed by atoms with Crippen molar-refractivity contribution in [1.82, 2.24) is 14.7 Å². The molecule has 0 aromatic carbocycles. The van der Waals surface area contributed by atoms with Gasteiger partial charge < -0.3 is 14.4 Å². The van der Waals surface area contributed by atoms with Crippen LogP contribution in [-0.2, 0) is 16.6 Å². The van der Waals surface area contributed by atoms with Crippen molar-refractivity contribution in [2.45, 2.75) is 24.8 Å². The molecular formula is C22H31N3O3S. The third kappa shape index (κ3) is 7.16. The van der Waals surface area contributed by atoms with Crippen LogP contribution < -0.4 is 4.74 Å². The van der Waals surface area contributed by atoms with E-state index in [-0.39, 0.29) is 5.76 Å². The molecule has 0 spiro atoms. The third-order valence-corrected chi connectivity index (χ3v) is 5.13. The summed E-state index contributed by atoms with van der Waals surface area (Å²) >= 11 is 1.57. The molecule has 0 unspecified atom stereocenters. The lowest BCUT2D eigenvalue weighted by Crippen LogP contribution is -2.05. The molecule has 0 saturated heterocycles. The lowest BCUT2D eigenvalue weighted by Gasteiger charge is -2.14. The van der Waals surface area contributed by atoms with Gasteiger partial charge in [-0.2, -0.15) is 5.10 Å². The third-order valence-electron chi connectivity index (χ3n) is 4.50.